The third kappa shape index (κ3) is 2.53. The Bertz CT molecular complexity index is 422. The molecule has 0 aromatic heterocycles. The number of rotatable bonds is 2. The van der Waals surface area contributed by atoms with Crippen LogP contribution in [0.15, 0.2) is 18.2 Å². The van der Waals surface area contributed by atoms with Crippen molar-refractivity contribution >= 4 is 23.2 Å². The summed E-state index contributed by atoms with van der Waals surface area (Å²) in [5.74, 6) is 0.816. The van der Waals surface area contributed by atoms with E-state index in [1.165, 1.54) is 25.9 Å². The lowest BCUT2D eigenvalue weighted by molar-refractivity contribution is 0.313. The van der Waals surface area contributed by atoms with Gasteiger partial charge in [-0.25, -0.2) is 0 Å². The highest BCUT2D eigenvalue weighted by molar-refractivity contribution is 6.42. The number of benzene rings is 1. The molecule has 18 heavy (non-hydrogen) atoms. The van der Waals surface area contributed by atoms with Crippen molar-refractivity contribution < 1.29 is 0 Å². The van der Waals surface area contributed by atoms with E-state index in [1.807, 2.05) is 12.1 Å². The van der Waals surface area contributed by atoms with Gasteiger partial charge < -0.3 is 5.32 Å². The van der Waals surface area contributed by atoms with Gasteiger partial charge in [0.1, 0.15) is 0 Å². The minimum atomic E-state index is 0.656. The van der Waals surface area contributed by atoms with Crippen LogP contribution < -0.4 is 5.32 Å². The van der Waals surface area contributed by atoms with E-state index in [1.54, 1.807) is 0 Å². The van der Waals surface area contributed by atoms with Crippen LogP contribution in [0.2, 0.25) is 10.0 Å². The molecule has 0 amide bonds. The normalized spacial score (nSPS) is 28.3. The molecule has 2 fully saturated rings. The summed E-state index contributed by atoms with van der Waals surface area (Å²) in [5.41, 5.74) is 1.14. The molecular weight excluding hydrogens is 267 g/mol. The van der Waals surface area contributed by atoms with Gasteiger partial charge in [0.05, 0.1) is 10.0 Å². The van der Waals surface area contributed by atoms with Gasteiger partial charge in [0.15, 0.2) is 0 Å². The molecule has 0 aliphatic carbocycles. The molecule has 2 atom stereocenters. The van der Waals surface area contributed by atoms with Crippen LogP contribution in [0.3, 0.4) is 0 Å². The van der Waals surface area contributed by atoms with E-state index in [9.17, 15) is 0 Å². The molecule has 2 heterocycles. The van der Waals surface area contributed by atoms with E-state index < -0.39 is 0 Å². The Kier molecular flexibility index (Phi) is 3.81. The van der Waals surface area contributed by atoms with Crippen LogP contribution in [0.1, 0.15) is 18.4 Å². The van der Waals surface area contributed by atoms with Gasteiger partial charge >= 0.3 is 0 Å². The number of likely N-dealkylation sites (tertiary alicyclic amines) is 1. The zero-order valence-electron chi connectivity index (χ0n) is 10.3. The van der Waals surface area contributed by atoms with E-state index in [-0.39, 0.29) is 0 Å². The zero-order valence-corrected chi connectivity index (χ0v) is 11.8. The minimum Gasteiger partial charge on any atom is -0.312 e. The van der Waals surface area contributed by atoms with Crippen molar-refractivity contribution in [1.29, 1.82) is 0 Å². The topological polar surface area (TPSA) is 15.3 Å². The number of piperidine rings is 1. The first-order valence-electron chi connectivity index (χ1n) is 6.62. The number of hydrogen-bond acceptors (Lipinski definition) is 2. The Morgan fingerprint density at radius 3 is 3.00 bits per heavy atom. The maximum atomic E-state index is 6.25. The third-order valence-electron chi connectivity index (χ3n) is 4.10. The molecule has 2 aliphatic heterocycles. The average Bonchev–Trinajstić information content (AvgIpc) is 2.77. The van der Waals surface area contributed by atoms with E-state index in [2.05, 4.69) is 16.3 Å². The van der Waals surface area contributed by atoms with Gasteiger partial charge in [0, 0.05) is 25.7 Å². The van der Waals surface area contributed by atoms with Gasteiger partial charge in [-0.2, -0.15) is 0 Å². The van der Waals surface area contributed by atoms with Gasteiger partial charge in [-0.15, -0.1) is 0 Å². The SMILES string of the molecule is Clc1cccc(CN2C[C@@H]3CCCN[C@@H]3C2)c1Cl. The monoisotopic (exact) mass is 284 g/mol. The number of halogens is 2. The van der Waals surface area contributed by atoms with E-state index in [0.717, 1.165) is 24.6 Å². The summed E-state index contributed by atoms with van der Waals surface area (Å²) in [6, 6.07) is 6.57. The van der Waals surface area contributed by atoms with Crippen molar-refractivity contribution in [3.8, 4) is 0 Å². The number of nitrogens with one attached hydrogen (secondary N) is 1. The van der Waals surface area contributed by atoms with Gasteiger partial charge in [-0.05, 0) is 36.9 Å². The molecule has 2 aliphatic rings. The van der Waals surface area contributed by atoms with Gasteiger partial charge in [0.2, 0.25) is 0 Å². The number of hydrogen-bond donors (Lipinski definition) is 1. The molecule has 4 heteroatoms. The zero-order chi connectivity index (χ0) is 12.5. The molecule has 1 aromatic rings. The molecule has 2 nitrogen and oxygen atoms in total. The van der Waals surface area contributed by atoms with Crippen LogP contribution in [0.5, 0.6) is 0 Å². The highest BCUT2D eigenvalue weighted by Gasteiger charge is 2.34. The quantitative estimate of drug-likeness (QED) is 0.898. The van der Waals surface area contributed by atoms with Crippen LogP contribution in [0.4, 0.5) is 0 Å². The van der Waals surface area contributed by atoms with E-state index in [0.29, 0.717) is 16.1 Å². The summed E-state index contributed by atoms with van der Waals surface area (Å²) >= 11 is 12.3. The number of fused-ring (bicyclic) bond motifs is 1. The van der Waals surface area contributed by atoms with E-state index in [4.69, 9.17) is 23.2 Å². The number of nitrogens with zero attached hydrogens (tertiary/aromatic N) is 1. The Morgan fingerprint density at radius 1 is 1.28 bits per heavy atom. The van der Waals surface area contributed by atoms with Crippen LogP contribution in [0, 0.1) is 5.92 Å². The summed E-state index contributed by atoms with van der Waals surface area (Å²) in [4.78, 5) is 2.49. The Labute approximate surface area is 118 Å². The second-order valence-corrected chi connectivity index (χ2v) is 6.16. The molecule has 98 valence electrons. The molecule has 0 saturated carbocycles. The summed E-state index contributed by atoms with van der Waals surface area (Å²) in [7, 11) is 0. The fraction of sp³-hybridized carbons (Fsp3) is 0.571. The van der Waals surface area contributed by atoms with Crippen LogP contribution in [0.25, 0.3) is 0 Å². The first-order chi connectivity index (χ1) is 8.74. The lowest BCUT2D eigenvalue weighted by atomic mass is 9.94. The summed E-state index contributed by atoms with van der Waals surface area (Å²) in [6.07, 6.45) is 2.67. The third-order valence-corrected chi connectivity index (χ3v) is 4.96. The fourth-order valence-corrected chi connectivity index (χ4v) is 3.56. The molecule has 0 bridgehead atoms. The summed E-state index contributed by atoms with van der Waals surface area (Å²) in [6.45, 7) is 4.40. The van der Waals surface area contributed by atoms with Crippen molar-refractivity contribution in [2.24, 2.45) is 5.92 Å². The van der Waals surface area contributed by atoms with Crippen molar-refractivity contribution in [2.45, 2.75) is 25.4 Å². The van der Waals surface area contributed by atoms with Crippen LogP contribution in [-0.2, 0) is 6.54 Å². The highest BCUT2D eigenvalue weighted by atomic mass is 35.5. The molecule has 0 spiro atoms. The molecule has 2 saturated heterocycles. The molecular formula is C14H18Cl2N2. The van der Waals surface area contributed by atoms with Gasteiger partial charge in [-0.3, -0.25) is 4.90 Å². The van der Waals surface area contributed by atoms with Crippen molar-refractivity contribution in [1.82, 2.24) is 10.2 Å². The largest absolute Gasteiger partial charge is 0.312 e. The summed E-state index contributed by atoms with van der Waals surface area (Å²) in [5, 5.41) is 4.99. The standard InChI is InChI=1S/C14H18Cl2N2/c15-12-5-1-3-11(14(12)16)8-18-7-10-4-2-6-17-13(10)9-18/h1,3,5,10,13,17H,2,4,6-9H2/t10-,13+/m0/s1. The average molecular weight is 285 g/mol. The predicted octanol–water partition coefficient (Wildman–Crippen LogP) is 3.18. The Balaban J connectivity index is 1.68. The van der Waals surface area contributed by atoms with Gasteiger partial charge in [0.25, 0.3) is 0 Å². The first kappa shape index (κ1) is 12.7. The van der Waals surface area contributed by atoms with Gasteiger partial charge in [-0.1, -0.05) is 35.3 Å². The Hall–Kier alpha value is -0.280. The maximum absolute atomic E-state index is 6.25. The highest BCUT2D eigenvalue weighted by Crippen LogP contribution is 2.30. The minimum absolute atomic E-state index is 0.656. The van der Waals surface area contributed by atoms with Crippen molar-refractivity contribution in [3.63, 3.8) is 0 Å². The van der Waals surface area contributed by atoms with Crippen LogP contribution in [-0.4, -0.2) is 30.6 Å². The smallest absolute Gasteiger partial charge is 0.0637 e. The van der Waals surface area contributed by atoms with Crippen molar-refractivity contribution in [2.75, 3.05) is 19.6 Å². The van der Waals surface area contributed by atoms with E-state index >= 15 is 0 Å². The lowest BCUT2D eigenvalue weighted by Gasteiger charge is -2.24. The Morgan fingerprint density at radius 2 is 2.17 bits per heavy atom. The second-order valence-electron chi connectivity index (χ2n) is 5.37. The summed E-state index contributed by atoms with van der Waals surface area (Å²) < 4.78 is 0. The maximum Gasteiger partial charge on any atom is 0.0637 e. The van der Waals surface area contributed by atoms with Crippen LogP contribution >= 0.6 is 23.2 Å². The molecule has 0 radical (unpaired) electrons. The van der Waals surface area contributed by atoms with Crippen molar-refractivity contribution in [3.05, 3.63) is 33.8 Å². The predicted molar refractivity (Wildman–Crippen MR) is 76.3 cm³/mol. The lowest BCUT2D eigenvalue weighted by Crippen LogP contribution is -2.40. The first-order valence-corrected chi connectivity index (χ1v) is 7.38. The molecule has 3 rings (SSSR count). The second kappa shape index (κ2) is 5.38. The fourth-order valence-electron chi connectivity index (χ4n) is 3.18. The molecule has 1 aromatic carbocycles. The molecule has 1 N–H and O–H groups in total. The molecule has 0 unspecified atom stereocenters.